The van der Waals surface area contributed by atoms with E-state index in [-0.39, 0.29) is 24.3 Å². The summed E-state index contributed by atoms with van der Waals surface area (Å²) in [6.45, 7) is 1.68. The van der Waals surface area contributed by atoms with E-state index in [4.69, 9.17) is 0 Å². The molecule has 0 unspecified atom stereocenters. The zero-order chi connectivity index (χ0) is 14.5. The molecule has 114 valence electrons. The van der Waals surface area contributed by atoms with E-state index in [1.807, 2.05) is 0 Å². The molecule has 0 spiro atoms. The Bertz CT molecular complexity index is 514. The maximum Gasteiger partial charge on any atom is 0.225 e. The van der Waals surface area contributed by atoms with Crippen molar-refractivity contribution in [1.82, 2.24) is 9.21 Å². The van der Waals surface area contributed by atoms with Crippen LogP contribution in [0, 0.1) is 5.92 Å². The van der Waals surface area contributed by atoms with Crippen molar-refractivity contribution in [1.29, 1.82) is 0 Å². The number of nitrogens with zero attached hydrogens (tertiary/aromatic N) is 2. The van der Waals surface area contributed by atoms with E-state index in [2.05, 4.69) is 0 Å². The second-order valence-electron chi connectivity index (χ2n) is 6.54. The SMILES string of the molecule is CS(=O)(=O)N1CC[C@@H]2CN(C(=O)CC3(O)CCC3)C[C@@H]21. The first kappa shape index (κ1) is 14.3. The normalized spacial score (nSPS) is 33.0. The van der Waals surface area contributed by atoms with Crippen molar-refractivity contribution < 1.29 is 18.3 Å². The first-order valence-electron chi connectivity index (χ1n) is 7.25. The molecule has 1 N–H and O–H groups in total. The van der Waals surface area contributed by atoms with Gasteiger partial charge in [-0.05, 0) is 31.6 Å². The molecule has 6 nitrogen and oxygen atoms in total. The molecule has 1 saturated carbocycles. The third-order valence-corrected chi connectivity index (χ3v) is 6.35. The molecular formula is C13H22N2O4S. The van der Waals surface area contributed by atoms with Crippen LogP contribution in [0.15, 0.2) is 0 Å². The Morgan fingerprint density at radius 1 is 1.35 bits per heavy atom. The molecule has 2 aliphatic heterocycles. The van der Waals surface area contributed by atoms with E-state index in [0.717, 1.165) is 12.8 Å². The molecule has 7 heteroatoms. The van der Waals surface area contributed by atoms with Crippen molar-refractivity contribution in [2.45, 2.75) is 43.7 Å². The summed E-state index contributed by atoms with van der Waals surface area (Å²) in [5, 5.41) is 10.1. The summed E-state index contributed by atoms with van der Waals surface area (Å²) in [4.78, 5) is 14.0. The first-order chi connectivity index (χ1) is 9.28. The van der Waals surface area contributed by atoms with Gasteiger partial charge in [-0.2, -0.15) is 4.31 Å². The Kier molecular flexibility index (Phi) is 3.34. The number of fused-ring (bicyclic) bond motifs is 1. The molecule has 2 atom stereocenters. The highest BCUT2D eigenvalue weighted by atomic mass is 32.2. The van der Waals surface area contributed by atoms with Gasteiger partial charge in [0.05, 0.1) is 18.3 Å². The highest BCUT2D eigenvalue weighted by Gasteiger charge is 2.47. The van der Waals surface area contributed by atoms with Crippen molar-refractivity contribution in [3.63, 3.8) is 0 Å². The van der Waals surface area contributed by atoms with E-state index in [1.165, 1.54) is 10.6 Å². The van der Waals surface area contributed by atoms with Gasteiger partial charge in [0, 0.05) is 25.7 Å². The van der Waals surface area contributed by atoms with Gasteiger partial charge in [0.2, 0.25) is 15.9 Å². The van der Waals surface area contributed by atoms with Gasteiger partial charge in [-0.15, -0.1) is 0 Å². The third-order valence-electron chi connectivity index (χ3n) is 5.04. The topological polar surface area (TPSA) is 77.9 Å². The van der Waals surface area contributed by atoms with Crippen LogP contribution in [0.4, 0.5) is 0 Å². The molecule has 2 saturated heterocycles. The molecule has 0 aromatic carbocycles. The first-order valence-corrected chi connectivity index (χ1v) is 9.10. The Morgan fingerprint density at radius 3 is 2.60 bits per heavy atom. The van der Waals surface area contributed by atoms with E-state index in [0.29, 0.717) is 32.5 Å². The second-order valence-corrected chi connectivity index (χ2v) is 8.48. The van der Waals surface area contributed by atoms with Crippen molar-refractivity contribution in [2.24, 2.45) is 5.92 Å². The maximum absolute atomic E-state index is 12.2. The van der Waals surface area contributed by atoms with Gasteiger partial charge in [-0.1, -0.05) is 0 Å². The van der Waals surface area contributed by atoms with Gasteiger partial charge >= 0.3 is 0 Å². The minimum Gasteiger partial charge on any atom is -0.389 e. The van der Waals surface area contributed by atoms with Crippen LogP contribution in [0.1, 0.15) is 32.1 Å². The summed E-state index contributed by atoms with van der Waals surface area (Å²) in [6.07, 6.45) is 4.63. The standard InChI is InChI=1S/C13H22N2O4S/c1-20(18,19)15-6-3-10-8-14(9-11(10)15)12(16)7-13(17)4-2-5-13/h10-11,17H,2-9H2,1H3/t10-,11+/m1/s1. The fourth-order valence-corrected chi connectivity index (χ4v) is 4.86. The summed E-state index contributed by atoms with van der Waals surface area (Å²) in [6, 6.07) is -0.0648. The molecule has 0 aromatic rings. The smallest absolute Gasteiger partial charge is 0.225 e. The van der Waals surface area contributed by atoms with E-state index >= 15 is 0 Å². The predicted molar refractivity (Wildman–Crippen MR) is 73.4 cm³/mol. The van der Waals surface area contributed by atoms with E-state index in [1.54, 1.807) is 4.90 Å². The number of carbonyl (C=O) groups excluding carboxylic acids is 1. The predicted octanol–water partition coefficient (Wildman–Crippen LogP) is -0.216. The molecule has 1 aliphatic carbocycles. The van der Waals surface area contributed by atoms with Crippen LogP contribution < -0.4 is 0 Å². The lowest BCUT2D eigenvalue weighted by atomic mass is 9.77. The number of likely N-dealkylation sites (tertiary alicyclic amines) is 1. The largest absolute Gasteiger partial charge is 0.389 e. The minimum absolute atomic E-state index is 0.0324. The van der Waals surface area contributed by atoms with Crippen LogP contribution in [0.2, 0.25) is 0 Å². The number of aliphatic hydroxyl groups is 1. The van der Waals surface area contributed by atoms with Crippen LogP contribution >= 0.6 is 0 Å². The summed E-state index contributed by atoms with van der Waals surface area (Å²) in [7, 11) is -3.19. The molecule has 3 rings (SSSR count). The number of amides is 1. The van der Waals surface area contributed by atoms with Crippen molar-refractivity contribution >= 4 is 15.9 Å². The molecule has 2 heterocycles. The Morgan fingerprint density at radius 2 is 2.05 bits per heavy atom. The maximum atomic E-state index is 12.2. The van der Waals surface area contributed by atoms with Crippen LogP contribution in [0.3, 0.4) is 0 Å². The monoisotopic (exact) mass is 302 g/mol. The van der Waals surface area contributed by atoms with Gasteiger partial charge in [0.25, 0.3) is 0 Å². The second kappa shape index (κ2) is 4.68. The number of sulfonamides is 1. The number of carbonyl (C=O) groups is 1. The van der Waals surface area contributed by atoms with Gasteiger partial charge < -0.3 is 10.0 Å². The number of rotatable bonds is 3. The summed E-state index contributed by atoms with van der Waals surface area (Å²) in [5.41, 5.74) is -0.800. The van der Waals surface area contributed by atoms with Gasteiger partial charge in [0.15, 0.2) is 0 Å². The molecule has 20 heavy (non-hydrogen) atoms. The molecule has 0 radical (unpaired) electrons. The van der Waals surface area contributed by atoms with Crippen LogP contribution in [-0.2, 0) is 14.8 Å². The lowest BCUT2D eigenvalue weighted by molar-refractivity contribution is -0.139. The van der Waals surface area contributed by atoms with Crippen LogP contribution in [-0.4, -0.2) is 66.2 Å². The number of hydrogen-bond donors (Lipinski definition) is 1. The lowest BCUT2D eigenvalue weighted by Crippen LogP contribution is -2.44. The molecule has 3 aliphatic rings. The fraction of sp³-hybridized carbons (Fsp3) is 0.923. The van der Waals surface area contributed by atoms with Crippen molar-refractivity contribution in [3.05, 3.63) is 0 Å². The van der Waals surface area contributed by atoms with Crippen molar-refractivity contribution in [3.8, 4) is 0 Å². The molecule has 3 fully saturated rings. The zero-order valence-corrected chi connectivity index (χ0v) is 12.6. The Balaban J connectivity index is 1.63. The average Bonchev–Trinajstić information content (AvgIpc) is 2.83. The zero-order valence-electron chi connectivity index (χ0n) is 11.8. The average molecular weight is 302 g/mol. The Hall–Kier alpha value is -0.660. The quantitative estimate of drug-likeness (QED) is 0.782. The highest BCUT2D eigenvalue weighted by molar-refractivity contribution is 7.88. The van der Waals surface area contributed by atoms with Crippen LogP contribution in [0.25, 0.3) is 0 Å². The lowest BCUT2D eigenvalue weighted by Gasteiger charge is -2.37. The minimum atomic E-state index is -3.19. The van der Waals surface area contributed by atoms with E-state index < -0.39 is 15.6 Å². The molecular weight excluding hydrogens is 280 g/mol. The van der Waals surface area contributed by atoms with Gasteiger partial charge in [0.1, 0.15) is 0 Å². The highest BCUT2D eigenvalue weighted by Crippen LogP contribution is 2.37. The third kappa shape index (κ3) is 2.46. The number of hydrogen-bond acceptors (Lipinski definition) is 4. The van der Waals surface area contributed by atoms with E-state index in [9.17, 15) is 18.3 Å². The molecule has 0 bridgehead atoms. The summed E-state index contributed by atoms with van der Waals surface area (Å²) < 4.78 is 25.0. The summed E-state index contributed by atoms with van der Waals surface area (Å²) >= 11 is 0. The fourth-order valence-electron chi connectivity index (χ4n) is 3.69. The Labute approximate surface area is 119 Å². The molecule has 1 amide bonds. The van der Waals surface area contributed by atoms with Gasteiger partial charge in [-0.25, -0.2) is 8.42 Å². The molecule has 0 aromatic heterocycles. The van der Waals surface area contributed by atoms with Crippen LogP contribution in [0.5, 0.6) is 0 Å². The summed E-state index contributed by atoms with van der Waals surface area (Å²) in [5.74, 6) is 0.222. The van der Waals surface area contributed by atoms with Gasteiger partial charge in [-0.3, -0.25) is 4.79 Å². The van der Waals surface area contributed by atoms with Crippen molar-refractivity contribution in [2.75, 3.05) is 25.9 Å².